The number of hydrogen-bond donors (Lipinski definition) is 1. The van der Waals surface area contributed by atoms with E-state index in [0.29, 0.717) is 12.0 Å². The topological polar surface area (TPSA) is 15.3 Å². The van der Waals surface area contributed by atoms with E-state index in [4.69, 9.17) is 0 Å². The molecule has 1 heterocycles. The fourth-order valence-electron chi connectivity index (χ4n) is 2.62. The minimum Gasteiger partial charge on any atom is -0.314 e. The Morgan fingerprint density at radius 1 is 1.10 bits per heavy atom. The first-order valence-electron chi connectivity index (χ1n) is 6.87. The van der Waals surface area contributed by atoms with Gasteiger partial charge in [-0.1, -0.05) is 26.0 Å². The van der Waals surface area contributed by atoms with E-state index in [1.807, 2.05) is 12.1 Å². The number of hydrogen-bond acceptors (Lipinski definition) is 2. The number of nitrogens with one attached hydrogen (secondary N) is 1. The molecule has 0 aromatic heterocycles. The molecule has 0 radical (unpaired) electrons. The zero-order valence-electron chi connectivity index (χ0n) is 12.1. The van der Waals surface area contributed by atoms with Crippen LogP contribution in [0.15, 0.2) is 24.3 Å². The fraction of sp³-hybridized carbons (Fsp3) is 0.600. The van der Waals surface area contributed by atoms with E-state index >= 15 is 0 Å². The standard InChI is InChI=1S/C15H23FN2.2ClH/c1-12(2)11-15(18-9-7-17-8-10-18)13-3-5-14(16)6-4-13;;/h3-6,12,15,17H,7-11H2,1-2H3;2*1H/t15-;;/m1../s1. The van der Waals surface area contributed by atoms with Gasteiger partial charge < -0.3 is 5.32 Å². The number of halogens is 3. The SMILES string of the molecule is CC(C)C[C@H](c1ccc(F)cc1)N1CCNCC1.Cl.Cl. The van der Waals surface area contributed by atoms with E-state index in [2.05, 4.69) is 24.1 Å². The highest BCUT2D eigenvalue weighted by Crippen LogP contribution is 2.28. The normalized spacial score (nSPS) is 17.2. The fourth-order valence-corrected chi connectivity index (χ4v) is 2.62. The maximum Gasteiger partial charge on any atom is 0.123 e. The number of benzene rings is 1. The molecule has 1 aliphatic heterocycles. The predicted octanol–water partition coefficient (Wildman–Crippen LogP) is 3.66. The molecular weight excluding hydrogens is 298 g/mol. The number of rotatable bonds is 4. The molecule has 1 aromatic carbocycles. The molecule has 1 aliphatic rings. The third-order valence-electron chi connectivity index (χ3n) is 3.54. The Morgan fingerprint density at radius 3 is 2.15 bits per heavy atom. The van der Waals surface area contributed by atoms with Crippen molar-refractivity contribution >= 4 is 24.8 Å². The summed E-state index contributed by atoms with van der Waals surface area (Å²) < 4.78 is 13.0. The van der Waals surface area contributed by atoms with Gasteiger partial charge in [-0.05, 0) is 30.0 Å². The first-order chi connectivity index (χ1) is 8.66. The average Bonchev–Trinajstić information content (AvgIpc) is 2.38. The van der Waals surface area contributed by atoms with Gasteiger partial charge in [-0.3, -0.25) is 4.90 Å². The van der Waals surface area contributed by atoms with Crippen molar-refractivity contribution < 1.29 is 4.39 Å². The van der Waals surface area contributed by atoms with Crippen LogP contribution in [0.2, 0.25) is 0 Å². The van der Waals surface area contributed by atoms with Gasteiger partial charge in [0.15, 0.2) is 0 Å². The van der Waals surface area contributed by atoms with Gasteiger partial charge in [0.05, 0.1) is 0 Å². The van der Waals surface area contributed by atoms with Crippen LogP contribution in [0, 0.1) is 11.7 Å². The van der Waals surface area contributed by atoms with Gasteiger partial charge in [-0.25, -0.2) is 4.39 Å². The van der Waals surface area contributed by atoms with Gasteiger partial charge in [0.2, 0.25) is 0 Å². The molecule has 0 bridgehead atoms. The molecule has 0 aliphatic carbocycles. The largest absolute Gasteiger partial charge is 0.314 e. The van der Waals surface area contributed by atoms with Crippen LogP contribution in [0.1, 0.15) is 31.9 Å². The molecule has 2 nitrogen and oxygen atoms in total. The summed E-state index contributed by atoms with van der Waals surface area (Å²) in [5, 5.41) is 3.38. The maximum absolute atomic E-state index is 13.0. The van der Waals surface area contributed by atoms with Gasteiger partial charge >= 0.3 is 0 Å². The van der Waals surface area contributed by atoms with Crippen LogP contribution < -0.4 is 5.32 Å². The van der Waals surface area contributed by atoms with Crippen LogP contribution in [0.25, 0.3) is 0 Å². The molecular formula is C15H25Cl2FN2. The Balaban J connectivity index is 0.00000180. The smallest absolute Gasteiger partial charge is 0.123 e. The monoisotopic (exact) mass is 322 g/mol. The second-order valence-corrected chi connectivity index (χ2v) is 5.48. The minimum atomic E-state index is -0.151. The lowest BCUT2D eigenvalue weighted by Crippen LogP contribution is -2.45. The number of nitrogens with zero attached hydrogens (tertiary/aromatic N) is 1. The van der Waals surface area contributed by atoms with E-state index < -0.39 is 0 Å². The minimum absolute atomic E-state index is 0. The first-order valence-corrected chi connectivity index (χ1v) is 6.87. The molecule has 0 unspecified atom stereocenters. The van der Waals surface area contributed by atoms with Crippen molar-refractivity contribution in [2.45, 2.75) is 26.3 Å². The molecule has 2 rings (SSSR count). The van der Waals surface area contributed by atoms with E-state index in [-0.39, 0.29) is 30.6 Å². The molecule has 0 spiro atoms. The molecule has 0 amide bonds. The van der Waals surface area contributed by atoms with Crippen LogP contribution in [0.4, 0.5) is 4.39 Å². The lowest BCUT2D eigenvalue weighted by molar-refractivity contribution is 0.154. The van der Waals surface area contributed by atoms with E-state index in [1.165, 1.54) is 5.56 Å². The van der Waals surface area contributed by atoms with E-state index in [0.717, 1.165) is 32.6 Å². The van der Waals surface area contributed by atoms with Crippen LogP contribution in [0.5, 0.6) is 0 Å². The van der Waals surface area contributed by atoms with Crippen LogP contribution in [-0.4, -0.2) is 31.1 Å². The summed E-state index contributed by atoms with van der Waals surface area (Å²) in [4.78, 5) is 2.52. The Hall–Kier alpha value is -0.350. The molecule has 1 aromatic rings. The van der Waals surface area contributed by atoms with Crippen LogP contribution >= 0.6 is 24.8 Å². The van der Waals surface area contributed by atoms with Crippen molar-refractivity contribution in [1.82, 2.24) is 10.2 Å². The number of piperazine rings is 1. The molecule has 1 atom stereocenters. The van der Waals surface area contributed by atoms with E-state index in [1.54, 1.807) is 12.1 Å². The van der Waals surface area contributed by atoms with Crippen molar-refractivity contribution in [3.63, 3.8) is 0 Å². The third kappa shape index (κ3) is 5.57. The summed E-state index contributed by atoms with van der Waals surface area (Å²) >= 11 is 0. The quantitative estimate of drug-likeness (QED) is 0.910. The zero-order chi connectivity index (χ0) is 13.0. The zero-order valence-corrected chi connectivity index (χ0v) is 13.8. The Labute approximate surface area is 133 Å². The molecule has 5 heteroatoms. The second kappa shape index (κ2) is 9.56. The van der Waals surface area contributed by atoms with Crippen molar-refractivity contribution in [1.29, 1.82) is 0 Å². The van der Waals surface area contributed by atoms with Gasteiger partial charge in [0.1, 0.15) is 5.82 Å². The molecule has 20 heavy (non-hydrogen) atoms. The summed E-state index contributed by atoms with van der Waals surface area (Å²) in [7, 11) is 0. The van der Waals surface area contributed by atoms with Crippen molar-refractivity contribution in [2.24, 2.45) is 5.92 Å². The second-order valence-electron chi connectivity index (χ2n) is 5.48. The highest BCUT2D eigenvalue weighted by atomic mass is 35.5. The Kier molecular flexibility index (Phi) is 9.39. The molecule has 0 saturated carbocycles. The van der Waals surface area contributed by atoms with Crippen LogP contribution in [0.3, 0.4) is 0 Å². The van der Waals surface area contributed by atoms with Crippen molar-refractivity contribution in [3.05, 3.63) is 35.6 Å². The Bertz CT molecular complexity index is 365. The van der Waals surface area contributed by atoms with Gasteiger partial charge in [0.25, 0.3) is 0 Å². The summed E-state index contributed by atoms with van der Waals surface area (Å²) in [5.74, 6) is 0.497. The molecule has 1 N–H and O–H groups in total. The Morgan fingerprint density at radius 2 is 1.65 bits per heavy atom. The summed E-state index contributed by atoms with van der Waals surface area (Å²) in [6, 6.07) is 7.44. The summed E-state index contributed by atoms with van der Waals surface area (Å²) in [5.41, 5.74) is 1.24. The highest BCUT2D eigenvalue weighted by molar-refractivity contribution is 5.85. The lowest BCUT2D eigenvalue weighted by Gasteiger charge is -2.36. The predicted molar refractivity (Wildman–Crippen MR) is 87.5 cm³/mol. The molecule has 1 saturated heterocycles. The van der Waals surface area contributed by atoms with Crippen molar-refractivity contribution in [2.75, 3.05) is 26.2 Å². The molecule has 116 valence electrons. The summed E-state index contributed by atoms with van der Waals surface area (Å²) in [6.07, 6.45) is 1.13. The summed E-state index contributed by atoms with van der Waals surface area (Å²) in [6.45, 7) is 8.76. The average molecular weight is 323 g/mol. The lowest BCUT2D eigenvalue weighted by atomic mass is 9.95. The van der Waals surface area contributed by atoms with E-state index in [9.17, 15) is 4.39 Å². The maximum atomic E-state index is 13.0. The van der Waals surface area contributed by atoms with Gasteiger partial charge in [0, 0.05) is 32.2 Å². The van der Waals surface area contributed by atoms with Crippen LogP contribution in [-0.2, 0) is 0 Å². The third-order valence-corrected chi connectivity index (χ3v) is 3.54. The van der Waals surface area contributed by atoms with Gasteiger partial charge in [-0.15, -0.1) is 24.8 Å². The van der Waals surface area contributed by atoms with Crippen molar-refractivity contribution in [3.8, 4) is 0 Å². The van der Waals surface area contributed by atoms with Gasteiger partial charge in [-0.2, -0.15) is 0 Å². The molecule has 1 fully saturated rings. The first kappa shape index (κ1) is 19.7. The highest BCUT2D eigenvalue weighted by Gasteiger charge is 2.22.